The maximum Gasteiger partial charge on any atom is 0.238 e. The molecule has 0 amide bonds. The summed E-state index contributed by atoms with van der Waals surface area (Å²) in [6, 6.07) is 19.5. The topological polar surface area (TPSA) is 86.5 Å². The van der Waals surface area contributed by atoms with Crippen LogP contribution in [0.25, 0.3) is 31.7 Å². The molecule has 31 heavy (non-hydrogen) atoms. The molecule has 0 unspecified atom stereocenters. The van der Waals surface area contributed by atoms with Gasteiger partial charge in [-0.3, -0.25) is 4.79 Å². The van der Waals surface area contributed by atoms with Crippen molar-refractivity contribution in [2.75, 3.05) is 7.11 Å². The molecule has 0 radical (unpaired) electrons. The minimum Gasteiger partial charge on any atom is -0.496 e. The number of aryl methyl sites for hydroxylation is 1. The standard InChI is InChI=1S/C24H21NO4S2/c1-3-15-14-17(10-13-20(15)29-2)22-23(26)19-6-4-5-7-21(19)30-24(22)16-8-11-18(12-9-16)31(25,27)28/h4-14H,3H2,1-2H3,(H2,25,27,28). The Morgan fingerprint density at radius 3 is 2.29 bits per heavy atom. The van der Waals surface area contributed by atoms with Crippen LogP contribution in [0.3, 0.4) is 0 Å². The van der Waals surface area contributed by atoms with Crippen molar-refractivity contribution in [3.05, 3.63) is 82.5 Å². The first-order valence-electron chi connectivity index (χ1n) is 9.70. The monoisotopic (exact) mass is 451 g/mol. The lowest BCUT2D eigenvalue weighted by molar-refractivity contribution is 0.410. The van der Waals surface area contributed by atoms with Gasteiger partial charge in [-0.15, -0.1) is 11.3 Å². The van der Waals surface area contributed by atoms with E-state index in [9.17, 15) is 13.2 Å². The van der Waals surface area contributed by atoms with Crippen LogP contribution < -0.4 is 15.3 Å². The van der Waals surface area contributed by atoms with Gasteiger partial charge in [-0.1, -0.05) is 37.3 Å². The van der Waals surface area contributed by atoms with Crippen molar-refractivity contribution < 1.29 is 13.2 Å². The van der Waals surface area contributed by atoms with E-state index in [4.69, 9.17) is 9.88 Å². The van der Waals surface area contributed by atoms with Gasteiger partial charge in [0.15, 0.2) is 5.43 Å². The average molecular weight is 452 g/mol. The lowest BCUT2D eigenvalue weighted by Gasteiger charge is -2.14. The Bertz CT molecular complexity index is 1440. The van der Waals surface area contributed by atoms with Crippen molar-refractivity contribution in [2.24, 2.45) is 5.14 Å². The van der Waals surface area contributed by atoms with Gasteiger partial charge in [-0.25, -0.2) is 13.6 Å². The van der Waals surface area contributed by atoms with E-state index >= 15 is 0 Å². The number of ether oxygens (including phenoxy) is 1. The highest BCUT2D eigenvalue weighted by Gasteiger charge is 2.18. The second-order valence-electron chi connectivity index (χ2n) is 7.08. The summed E-state index contributed by atoms with van der Waals surface area (Å²) in [5.74, 6) is 0.780. The third kappa shape index (κ3) is 3.99. The van der Waals surface area contributed by atoms with Crippen LogP contribution in [0, 0.1) is 0 Å². The highest BCUT2D eigenvalue weighted by molar-refractivity contribution is 7.89. The molecular weight excluding hydrogens is 430 g/mol. The molecule has 0 fully saturated rings. The summed E-state index contributed by atoms with van der Waals surface area (Å²) >= 11 is 1.50. The van der Waals surface area contributed by atoms with Crippen LogP contribution in [-0.4, -0.2) is 15.5 Å². The van der Waals surface area contributed by atoms with Gasteiger partial charge in [0.1, 0.15) is 5.75 Å². The summed E-state index contributed by atoms with van der Waals surface area (Å²) in [4.78, 5) is 14.4. The fraction of sp³-hybridized carbons (Fsp3) is 0.125. The molecule has 0 saturated carbocycles. The summed E-state index contributed by atoms with van der Waals surface area (Å²) in [5.41, 5.74) is 3.09. The first-order chi connectivity index (χ1) is 14.8. The number of nitrogens with two attached hydrogens (primary N) is 1. The maximum atomic E-state index is 13.6. The van der Waals surface area contributed by atoms with Crippen molar-refractivity contribution in [2.45, 2.75) is 18.2 Å². The number of sulfonamides is 1. The summed E-state index contributed by atoms with van der Waals surface area (Å²) in [6.07, 6.45) is 0.764. The first-order valence-corrected chi connectivity index (χ1v) is 12.1. The molecule has 1 heterocycles. The van der Waals surface area contributed by atoms with Crippen molar-refractivity contribution in [3.8, 4) is 27.3 Å². The summed E-state index contributed by atoms with van der Waals surface area (Å²) in [6.45, 7) is 2.04. The quantitative estimate of drug-likeness (QED) is 0.472. The lowest BCUT2D eigenvalue weighted by Crippen LogP contribution is -2.11. The Balaban J connectivity index is 2.02. The molecular formula is C24H21NO4S2. The molecule has 5 nitrogen and oxygen atoms in total. The third-order valence-electron chi connectivity index (χ3n) is 5.19. The minimum absolute atomic E-state index is 0.0312. The zero-order valence-corrected chi connectivity index (χ0v) is 18.7. The molecule has 0 saturated heterocycles. The van der Waals surface area contributed by atoms with Gasteiger partial charge in [-0.2, -0.15) is 0 Å². The van der Waals surface area contributed by atoms with Gasteiger partial charge in [0.05, 0.1) is 12.0 Å². The van der Waals surface area contributed by atoms with E-state index in [0.717, 1.165) is 38.4 Å². The van der Waals surface area contributed by atoms with E-state index in [0.29, 0.717) is 10.9 Å². The third-order valence-corrected chi connectivity index (χ3v) is 7.34. The Morgan fingerprint density at radius 2 is 1.65 bits per heavy atom. The van der Waals surface area contributed by atoms with Crippen LogP contribution in [0.2, 0.25) is 0 Å². The van der Waals surface area contributed by atoms with E-state index in [1.165, 1.54) is 23.5 Å². The summed E-state index contributed by atoms with van der Waals surface area (Å²) < 4.78 is 29.6. The van der Waals surface area contributed by atoms with Crippen LogP contribution in [0.1, 0.15) is 12.5 Å². The number of hydrogen-bond acceptors (Lipinski definition) is 5. The van der Waals surface area contributed by atoms with Crippen LogP contribution in [-0.2, 0) is 16.4 Å². The summed E-state index contributed by atoms with van der Waals surface area (Å²) in [5, 5.41) is 5.89. The molecule has 2 N–H and O–H groups in total. The number of hydrogen-bond donors (Lipinski definition) is 1. The normalized spacial score (nSPS) is 11.6. The highest BCUT2D eigenvalue weighted by atomic mass is 32.2. The van der Waals surface area contributed by atoms with Crippen molar-refractivity contribution >= 4 is 31.4 Å². The zero-order valence-electron chi connectivity index (χ0n) is 17.1. The van der Waals surface area contributed by atoms with Gasteiger partial charge in [-0.05, 0) is 59.5 Å². The molecule has 0 bridgehead atoms. The zero-order chi connectivity index (χ0) is 22.2. The van der Waals surface area contributed by atoms with E-state index in [1.807, 2.05) is 49.4 Å². The van der Waals surface area contributed by atoms with Crippen LogP contribution in [0.15, 0.2) is 76.4 Å². The van der Waals surface area contributed by atoms with Gasteiger partial charge in [0.25, 0.3) is 0 Å². The minimum atomic E-state index is -3.80. The molecule has 158 valence electrons. The molecule has 0 spiro atoms. The van der Waals surface area contributed by atoms with Crippen molar-refractivity contribution in [1.29, 1.82) is 0 Å². The van der Waals surface area contributed by atoms with E-state index in [2.05, 4.69) is 0 Å². The van der Waals surface area contributed by atoms with E-state index in [1.54, 1.807) is 19.2 Å². The molecule has 0 aliphatic rings. The Hall–Kier alpha value is -3.00. The molecule has 4 rings (SSSR count). The Morgan fingerprint density at radius 1 is 0.968 bits per heavy atom. The van der Waals surface area contributed by atoms with Gasteiger partial charge >= 0.3 is 0 Å². The number of rotatable bonds is 5. The summed E-state index contributed by atoms with van der Waals surface area (Å²) in [7, 11) is -2.17. The fourth-order valence-corrected chi connectivity index (χ4v) is 5.33. The molecule has 0 aliphatic carbocycles. The maximum absolute atomic E-state index is 13.6. The fourth-order valence-electron chi connectivity index (χ4n) is 3.61. The number of methoxy groups -OCH3 is 1. The van der Waals surface area contributed by atoms with Gasteiger partial charge in [0.2, 0.25) is 10.0 Å². The second-order valence-corrected chi connectivity index (χ2v) is 9.69. The molecule has 4 aromatic rings. The predicted octanol–water partition coefficient (Wildman–Crippen LogP) is 4.81. The number of primary sulfonamides is 1. The van der Waals surface area contributed by atoms with E-state index in [-0.39, 0.29) is 10.3 Å². The molecule has 1 aromatic heterocycles. The van der Waals surface area contributed by atoms with Gasteiger partial charge in [0, 0.05) is 20.5 Å². The molecule has 0 atom stereocenters. The van der Waals surface area contributed by atoms with E-state index < -0.39 is 10.0 Å². The van der Waals surface area contributed by atoms with Crippen molar-refractivity contribution in [3.63, 3.8) is 0 Å². The molecule has 0 aliphatic heterocycles. The predicted molar refractivity (Wildman–Crippen MR) is 126 cm³/mol. The number of fused-ring (bicyclic) bond motifs is 1. The van der Waals surface area contributed by atoms with Crippen LogP contribution in [0.5, 0.6) is 5.75 Å². The largest absolute Gasteiger partial charge is 0.496 e. The SMILES string of the molecule is CCc1cc(-c2c(-c3ccc(S(N)(=O)=O)cc3)sc3ccccc3c2=O)ccc1OC. The molecule has 7 heteroatoms. The first kappa shape index (κ1) is 21.2. The number of benzene rings is 3. The van der Waals surface area contributed by atoms with Crippen LogP contribution >= 0.6 is 11.3 Å². The van der Waals surface area contributed by atoms with Crippen LogP contribution in [0.4, 0.5) is 0 Å². The van der Waals surface area contributed by atoms with Gasteiger partial charge < -0.3 is 4.74 Å². The smallest absolute Gasteiger partial charge is 0.238 e. The van der Waals surface area contributed by atoms with Crippen molar-refractivity contribution in [1.82, 2.24) is 0 Å². The Labute approximate surface area is 184 Å². The Kier molecular flexibility index (Phi) is 5.66. The lowest BCUT2D eigenvalue weighted by atomic mass is 9.97. The second kappa shape index (κ2) is 8.26. The average Bonchev–Trinajstić information content (AvgIpc) is 2.78. The molecule has 3 aromatic carbocycles. The highest BCUT2D eigenvalue weighted by Crippen LogP contribution is 2.38.